The van der Waals surface area contributed by atoms with Gasteiger partial charge < -0.3 is 0 Å². The summed E-state index contributed by atoms with van der Waals surface area (Å²) in [7, 11) is 0. The average Bonchev–Trinajstić information content (AvgIpc) is 2.89. The van der Waals surface area contributed by atoms with Crippen molar-refractivity contribution in [2.75, 3.05) is 0 Å². The smallest absolute Gasteiger partial charge is 0.222 e. The second-order valence-electron chi connectivity index (χ2n) is 3.67. The number of benzene rings is 1. The van der Waals surface area contributed by atoms with E-state index in [-0.39, 0.29) is 5.28 Å². The Morgan fingerprint density at radius 1 is 0.944 bits per heavy atom. The van der Waals surface area contributed by atoms with Crippen LogP contribution in [-0.2, 0) is 0 Å². The van der Waals surface area contributed by atoms with E-state index in [0.717, 1.165) is 17.1 Å². The Morgan fingerprint density at radius 2 is 1.78 bits per heavy atom. The SMILES string of the molecule is Clc1nccc(-c2ccnn2-c2ccccc2)n1. The Kier molecular flexibility index (Phi) is 2.78. The molecule has 2 heterocycles. The van der Waals surface area contributed by atoms with Crippen molar-refractivity contribution in [3.05, 3.63) is 60.1 Å². The minimum absolute atomic E-state index is 0.230. The summed E-state index contributed by atoms with van der Waals surface area (Å²) in [6.45, 7) is 0. The molecule has 0 aliphatic carbocycles. The van der Waals surface area contributed by atoms with E-state index >= 15 is 0 Å². The Morgan fingerprint density at radius 3 is 2.56 bits per heavy atom. The quantitative estimate of drug-likeness (QED) is 0.662. The minimum atomic E-state index is 0.230. The summed E-state index contributed by atoms with van der Waals surface area (Å²) in [4.78, 5) is 8.07. The number of para-hydroxylation sites is 1. The normalized spacial score (nSPS) is 10.5. The molecule has 0 bridgehead atoms. The van der Waals surface area contributed by atoms with Gasteiger partial charge in [0, 0.05) is 6.20 Å². The second kappa shape index (κ2) is 4.58. The van der Waals surface area contributed by atoms with E-state index in [2.05, 4.69) is 15.1 Å². The molecule has 0 saturated carbocycles. The average molecular weight is 257 g/mol. The fourth-order valence-corrected chi connectivity index (χ4v) is 1.90. The summed E-state index contributed by atoms with van der Waals surface area (Å²) in [5.41, 5.74) is 2.61. The molecule has 0 N–H and O–H groups in total. The highest BCUT2D eigenvalue weighted by molar-refractivity contribution is 6.28. The third-order valence-corrected chi connectivity index (χ3v) is 2.71. The van der Waals surface area contributed by atoms with Gasteiger partial charge in [0.2, 0.25) is 5.28 Å². The van der Waals surface area contributed by atoms with Gasteiger partial charge in [-0.1, -0.05) is 18.2 Å². The van der Waals surface area contributed by atoms with Crippen LogP contribution in [0.4, 0.5) is 0 Å². The highest BCUT2D eigenvalue weighted by Crippen LogP contribution is 2.20. The molecule has 0 aliphatic heterocycles. The fraction of sp³-hybridized carbons (Fsp3) is 0. The van der Waals surface area contributed by atoms with Gasteiger partial charge in [0.15, 0.2) is 0 Å². The van der Waals surface area contributed by atoms with E-state index in [1.54, 1.807) is 12.4 Å². The van der Waals surface area contributed by atoms with Crippen LogP contribution in [0.1, 0.15) is 0 Å². The maximum absolute atomic E-state index is 5.81. The van der Waals surface area contributed by atoms with Crippen LogP contribution in [0.2, 0.25) is 5.28 Å². The van der Waals surface area contributed by atoms with Crippen LogP contribution in [0.25, 0.3) is 17.1 Å². The Balaban J connectivity index is 2.13. The largest absolute Gasteiger partial charge is 0.232 e. The van der Waals surface area contributed by atoms with Gasteiger partial charge in [-0.25, -0.2) is 14.6 Å². The predicted molar refractivity (Wildman–Crippen MR) is 69.6 cm³/mol. The van der Waals surface area contributed by atoms with Crippen molar-refractivity contribution in [3.8, 4) is 17.1 Å². The lowest BCUT2D eigenvalue weighted by molar-refractivity contribution is 0.883. The first-order chi connectivity index (χ1) is 8.84. The van der Waals surface area contributed by atoms with Gasteiger partial charge in [0.25, 0.3) is 0 Å². The molecule has 0 spiro atoms. The zero-order valence-corrected chi connectivity index (χ0v) is 10.1. The van der Waals surface area contributed by atoms with Crippen LogP contribution in [-0.4, -0.2) is 19.7 Å². The van der Waals surface area contributed by atoms with Crippen LogP contribution >= 0.6 is 11.6 Å². The van der Waals surface area contributed by atoms with E-state index in [1.165, 1.54) is 0 Å². The van der Waals surface area contributed by atoms with Crippen LogP contribution in [0.5, 0.6) is 0 Å². The highest BCUT2D eigenvalue weighted by atomic mass is 35.5. The molecule has 0 radical (unpaired) electrons. The van der Waals surface area contributed by atoms with Gasteiger partial charge in [0.05, 0.1) is 23.3 Å². The maximum Gasteiger partial charge on any atom is 0.222 e. The minimum Gasteiger partial charge on any atom is -0.232 e. The first-order valence-corrected chi connectivity index (χ1v) is 5.81. The lowest BCUT2D eigenvalue weighted by atomic mass is 10.2. The first-order valence-electron chi connectivity index (χ1n) is 5.43. The molecule has 0 amide bonds. The third kappa shape index (κ3) is 1.98. The van der Waals surface area contributed by atoms with Crippen LogP contribution in [0, 0.1) is 0 Å². The van der Waals surface area contributed by atoms with Crippen LogP contribution in [0.3, 0.4) is 0 Å². The number of halogens is 1. The second-order valence-corrected chi connectivity index (χ2v) is 4.01. The number of hydrogen-bond acceptors (Lipinski definition) is 3. The molecule has 3 aromatic rings. The molecule has 3 rings (SSSR count). The number of nitrogens with zero attached hydrogens (tertiary/aromatic N) is 4. The van der Waals surface area contributed by atoms with Crippen molar-refractivity contribution >= 4 is 11.6 Å². The monoisotopic (exact) mass is 256 g/mol. The first kappa shape index (κ1) is 10.9. The molecule has 1 aromatic carbocycles. The summed E-state index contributed by atoms with van der Waals surface area (Å²) < 4.78 is 1.82. The molecule has 0 unspecified atom stereocenters. The van der Waals surface area contributed by atoms with Crippen molar-refractivity contribution < 1.29 is 0 Å². The molecule has 5 heteroatoms. The van der Waals surface area contributed by atoms with E-state index in [1.807, 2.05) is 47.1 Å². The maximum atomic E-state index is 5.81. The summed E-state index contributed by atoms with van der Waals surface area (Å²) >= 11 is 5.81. The van der Waals surface area contributed by atoms with Crippen LogP contribution < -0.4 is 0 Å². The molecular weight excluding hydrogens is 248 g/mol. The zero-order valence-electron chi connectivity index (χ0n) is 9.36. The highest BCUT2D eigenvalue weighted by Gasteiger charge is 2.08. The van der Waals surface area contributed by atoms with Gasteiger partial charge in [0.1, 0.15) is 0 Å². The lowest BCUT2D eigenvalue weighted by Crippen LogP contribution is -1.99. The van der Waals surface area contributed by atoms with Crippen molar-refractivity contribution in [2.45, 2.75) is 0 Å². The standard InChI is InChI=1S/C13H9ClN4/c14-13-15-8-6-11(17-13)12-7-9-16-18(12)10-4-2-1-3-5-10/h1-9H. The molecule has 0 fully saturated rings. The van der Waals surface area contributed by atoms with Crippen molar-refractivity contribution in [2.24, 2.45) is 0 Å². The molecule has 0 saturated heterocycles. The molecule has 18 heavy (non-hydrogen) atoms. The summed E-state index contributed by atoms with van der Waals surface area (Å²) in [5, 5.41) is 4.54. The summed E-state index contributed by atoms with van der Waals surface area (Å²) in [5.74, 6) is 0. The predicted octanol–water partition coefficient (Wildman–Crippen LogP) is 2.98. The molecule has 4 nitrogen and oxygen atoms in total. The van der Waals surface area contributed by atoms with E-state index < -0.39 is 0 Å². The van der Waals surface area contributed by atoms with E-state index in [9.17, 15) is 0 Å². The van der Waals surface area contributed by atoms with E-state index in [0.29, 0.717) is 0 Å². The third-order valence-electron chi connectivity index (χ3n) is 2.53. The number of rotatable bonds is 2. The van der Waals surface area contributed by atoms with E-state index in [4.69, 9.17) is 11.6 Å². The van der Waals surface area contributed by atoms with Crippen molar-refractivity contribution in [3.63, 3.8) is 0 Å². The molecule has 0 aliphatic rings. The molecule has 88 valence electrons. The van der Waals surface area contributed by atoms with Gasteiger partial charge in [-0.2, -0.15) is 5.10 Å². The van der Waals surface area contributed by atoms with Gasteiger partial charge in [-0.05, 0) is 35.9 Å². The summed E-state index contributed by atoms with van der Waals surface area (Å²) in [6.07, 6.45) is 3.37. The van der Waals surface area contributed by atoms with Gasteiger partial charge in [-0.3, -0.25) is 0 Å². The van der Waals surface area contributed by atoms with Gasteiger partial charge in [-0.15, -0.1) is 0 Å². The summed E-state index contributed by atoms with van der Waals surface area (Å²) in [6, 6.07) is 13.6. The topological polar surface area (TPSA) is 43.6 Å². The molecule has 0 atom stereocenters. The lowest BCUT2D eigenvalue weighted by Gasteiger charge is -2.06. The van der Waals surface area contributed by atoms with Gasteiger partial charge >= 0.3 is 0 Å². The Bertz CT molecular complexity index is 664. The van der Waals surface area contributed by atoms with Crippen molar-refractivity contribution in [1.29, 1.82) is 0 Å². The molecular formula is C13H9ClN4. The number of hydrogen-bond donors (Lipinski definition) is 0. The zero-order chi connectivity index (χ0) is 12.4. The number of aromatic nitrogens is 4. The fourth-order valence-electron chi connectivity index (χ4n) is 1.75. The molecule has 2 aromatic heterocycles. The Labute approximate surface area is 109 Å². The van der Waals surface area contributed by atoms with Crippen molar-refractivity contribution in [1.82, 2.24) is 19.7 Å². The Hall–Kier alpha value is -2.20. The van der Waals surface area contributed by atoms with Crippen LogP contribution in [0.15, 0.2) is 54.9 Å².